The number of likely N-dealkylation sites (tertiary alicyclic amines) is 1. The van der Waals surface area contributed by atoms with E-state index in [1.165, 1.54) is 5.56 Å². The van der Waals surface area contributed by atoms with Gasteiger partial charge in [0.25, 0.3) is 0 Å². The molecule has 0 bridgehead atoms. The Hall–Kier alpha value is -2.66. The summed E-state index contributed by atoms with van der Waals surface area (Å²) in [6, 6.07) is 19.0. The van der Waals surface area contributed by atoms with Gasteiger partial charge in [0.05, 0.1) is 0 Å². The number of para-hydroxylation sites is 1. The molecule has 1 aromatic heterocycles. The third-order valence-electron chi connectivity index (χ3n) is 5.09. The molecular weight excluding hydrogens is 322 g/mol. The molecule has 2 aromatic carbocycles. The van der Waals surface area contributed by atoms with Crippen LogP contribution in [0.25, 0.3) is 0 Å². The van der Waals surface area contributed by atoms with Gasteiger partial charge in [-0.3, -0.25) is 4.90 Å². The number of rotatable bonds is 5. The largest absolute Gasteiger partial charge is 0.356 e. The van der Waals surface area contributed by atoms with Crippen molar-refractivity contribution in [1.82, 2.24) is 19.7 Å². The fraction of sp³-hybridized carbons (Fsp3) is 0.333. The number of benzene rings is 2. The molecule has 0 spiro atoms. The van der Waals surface area contributed by atoms with Crippen molar-refractivity contribution in [3.8, 4) is 0 Å². The number of aromatic nitrogens is 3. The Labute approximate surface area is 154 Å². The maximum absolute atomic E-state index is 4.29. The van der Waals surface area contributed by atoms with Crippen LogP contribution < -0.4 is 5.32 Å². The van der Waals surface area contributed by atoms with Crippen LogP contribution in [0, 0.1) is 0 Å². The summed E-state index contributed by atoms with van der Waals surface area (Å²) in [5.74, 6) is 1.66. The Balaban J connectivity index is 1.35. The highest BCUT2D eigenvalue weighted by molar-refractivity contribution is 5.59. The molecule has 4 rings (SSSR count). The van der Waals surface area contributed by atoms with Crippen molar-refractivity contribution in [2.75, 3.05) is 18.4 Å². The summed E-state index contributed by atoms with van der Waals surface area (Å²) in [7, 11) is 2.03. The van der Waals surface area contributed by atoms with Gasteiger partial charge in [0.2, 0.25) is 0 Å². The maximum Gasteiger partial charge on any atom is 0.135 e. The zero-order chi connectivity index (χ0) is 17.8. The summed E-state index contributed by atoms with van der Waals surface area (Å²) in [5.41, 5.74) is 3.61. The van der Waals surface area contributed by atoms with Gasteiger partial charge in [0.15, 0.2) is 0 Å². The van der Waals surface area contributed by atoms with E-state index in [2.05, 4.69) is 61.4 Å². The average molecular weight is 347 g/mol. The van der Waals surface area contributed by atoms with Gasteiger partial charge in [-0.15, -0.1) is 10.2 Å². The summed E-state index contributed by atoms with van der Waals surface area (Å²) < 4.78 is 2.05. The molecule has 1 aliphatic rings. The van der Waals surface area contributed by atoms with E-state index in [1.54, 1.807) is 6.33 Å². The van der Waals surface area contributed by atoms with Crippen LogP contribution in [-0.4, -0.2) is 32.8 Å². The summed E-state index contributed by atoms with van der Waals surface area (Å²) in [5, 5.41) is 11.8. The van der Waals surface area contributed by atoms with Gasteiger partial charge in [-0.2, -0.15) is 0 Å². The van der Waals surface area contributed by atoms with Crippen LogP contribution in [0.1, 0.15) is 30.1 Å². The number of anilines is 2. The number of nitrogens with one attached hydrogen (secondary N) is 1. The monoisotopic (exact) mass is 347 g/mol. The highest BCUT2D eigenvalue weighted by atomic mass is 15.3. The minimum Gasteiger partial charge on any atom is -0.356 e. The van der Waals surface area contributed by atoms with Crippen molar-refractivity contribution in [2.24, 2.45) is 7.05 Å². The highest BCUT2D eigenvalue weighted by Gasteiger charge is 2.23. The fourth-order valence-electron chi connectivity index (χ4n) is 3.70. The lowest BCUT2D eigenvalue weighted by molar-refractivity contribution is 0.200. The topological polar surface area (TPSA) is 46.0 Å². The normalized spacial score (nSPS) is 15.9. The summed E-state index contributed by atoms with van der Waals surface area (Å²) in [4.78, 5) is 2.54. The predicted molar refractivity (Wildman–Crippen MR) is 104 cm³/mol. The van der Waals surface area contributed by atoms with Crippen molar-refractivity contribution in [2.45, 2.75) is 25.3 Å². The Bertz CT molecular complexity index is 834. The smallest absolute Gasteiger partial charge is 0.135 e. The zero-order valence-corrected chi connectivity index (χ0v) is 15.2. The van der Waals surface area contributed by atoms with Crippen LogP contribution in [0.2, 0.25) is 0 Å². The second kappa shape index (κ2) is 7.70. The third kappa shape index (κ3) is 3.94. The summed E-state index contributed by atoms with van der Waals surface area (Å²) >= 11 is 0. The molecule has 2 heterocycles. The first kappa shape index (κ1) is 16.8. The van der Waals surface area contributed by atoms with Crippen LogP contribution >= 0.6 is 0 Å². The first-order valence-corrected chi connectivity index (χ1v) is 9.25. The van der Waals surface area contributed by atoms with Gasteiger partial charge in [0, 0.05) is 30.9 Å². The fourth-order valence-corrected chi connectivity index (χ4v) is 3.70. The number of hydrogen-bond donors (Lipinski definition) is 1. The Morgan fingerprint density at radius 2 is 1.77 bits per heavy atom. The van der Waals surface area contributed by atoms with Crippen LogP contribution in [0.15, 0.2) is 60.9 Å². The van der Waals surface area contributed by atoms with E-state index >= 15 is 0 Å². The standard InChI is InChI=1S/C21H25N5/c1-25-16-22-24-21(25)18-10-12-26(13-11-18)15-17-6-5-9-20(14-17)23-19-7-3-2-4-8-19/h2-9,14,16,18,23H,10-13,15H2,1H3. The molecule has 0 saturated carbocycles. The van der Waals surface area contributed by atoms with Gasteiger partial charge >= 0.3 is 0 Å². The molecule has 0 aliphatic carbocycles. The molecule has 1 fully saturated rings. The molecule has 5 nitrogen and oxygen atoms in total. The minimum absolute atomic E-state index is 0.532. The Kier molecular flexibility index (Phi) is 4.97. The van der Waals surface area contributed by atoms with Gasteiger partial charge in [0.1, 0.15) is 12.2 Å². The maximum atomic E-state index is 4.29. The third-order valence-corrected chi connectivity index (χ3v) is 5.09. The molecule has 5 heteroatoms. The molecule has 1 N–H and O–H groups in total. The number of piperidine rings is 1. The Morgan fingerprint density at radius 3 is 2.50 bits per heavy atom. The van der Waals surface area contributed by atoms with Gasteiger partial charge in [-0.25, -0.2) is 0 Å². The SMILES string of the molecule is Cn1cnnc1C1CCN(Cc2cccc(Nc3ccccc3)c2)CC1. The van der Waals surface area contributed by atoms with Crippen molar-refractivity contribution >= 4 is 11.4 Å². The number of hydrogen-bond acceptors (Lipinski definition) is 4. The first-order chi connectivity index (χ1) is 12.8. The van der Waals surface area contributed by atoms with E-state index in [9.17, 15) is 0 Å². The second-order valence-corrected chi connectivity index (χ2v) is 7.04. The molecule has 0 unspecified atom stereocenters. The van der Waals surface area contributed by atoms with Gasteiger partial charge < -0.3 is 9.88 Å². The number of aryl methyl sites for hydroxylation is 1. The molecule has 3 aromatic rings. The lowest BCUT2D eigenvalue weighted by atomic mass is 9.95. The van der Waals surface area contributed by atoms with E-state index in [0.29, 0.717) is 5.92 Å². The predicted octanol–water partition coefficient (Wildman–Crippen LogP) is 3.94. The molecule has 0 atom stereocenters. The highest BCUT2D eigenvalue weighted by Crippen LogP contribution is 2.27. The molecule has 1 aliphatic heterocycles. The van der Waals surface area contributed by atoms with Crippen molar-refractivity contribution in [3.05, 3.63) is 72.3 Å². The second-order valence-electron chi connectivity index (χ2n) is 7.04. The van der Waals surface area contributed by atoms with E-state index in [4.69, 9.17) is 0 Å². The lowest BCUT2D eigenvalue weighted by Crippen LogP contribution is -2.33. The van der Waals surface area contributed by atoms with Crippen LogP contribution in [0.4, 0.5) is 11.4 Å². The molecule has 26 heavy (non-hydrogen) atoms. The van der Waals surface area contributed by atoms with Gasteiger partial charge in [-0.05, 0) is 55.8 Å². The molecule has 0 radical (unpaired) electrons. The molecule has 1 saturated heterocycles. The molecular formula is C21H25N5. The van der Waals surface area contributed by atoms with E-state index in [-0.39, 0.29) is 0 Å². The molecule has 0 amide bonds. The number of nitrogens with zero attached hydrogens (tertiary/aromatic N) is 4. The van der Waals surface area contributed by atoms with E-state index in [1.807, 2.05) is 25.2 Å². The molecule has 134 valence electrons. The van der Waals surface area contributed by atoms with Crippen LogP contribution in [-0.2, 0) is 13.6 Å². The summed E-state index contributed by atoms with van der Waals surface area (Å²) in [6.07, 6.45) is 4.09. The zero-order valence-electron chi connectivity index (χ0n) is 15.2. The van der Waals surface area contributed by atoms with Crippen LogP contribution in [0.3, 0.4) is 0 Å². The quantitative estimate of drug-likeness (QED) is 0.759. The minimum atomic E-state index is 0.532. The van der Waals surface area contributed by atoms with Crippen molar-refractivity contribution in [1.29, 1.82) is 0 Å². The van der Waals surface area contributed by atoms with E-state index < -0.39 is 0 Å². The first-order valence-electron chi connectivity index (χ1n) is 9.25. The van der Waals surface area contributed by atoms with Crippen molar-refractivity contribution in [3.63, 3.8) is 0 Å². The van der Waals surface area contributed by atoms with E-state index in [0.717, 1.165) is 49.7 Å². The van der Waals surface area contributed by atoms with Crippen molar-refractivity contribution < 1.29 is 0 Å². The van der Waals surface area contributed by atoms with Crippen LogP contribution in [0.5, 0.6) is 0 Å². The Morgan fingerprint density at radius 1 is 1.00 bits per heavy atom. The summed E-state index contributed by atoms with van der Waals surface area (Å²) in [6.45, 7) is 3.21. The lowest BCUT2D eigenvalue weighted by Gasteiger charge is -2.31. The van der Waals surface area contributed by atoms with Gasteiger partial charge in [-0.1, -0.05) is 30.3 Å². The average Bonchev–Trinajstić information content (AvgIpc) is 3.10.